The molecule has 1 aliphatic rings. The van der Waals surface area contributed by atoms with E-state index >= 15 is 0 Å². The zero-order chi connectivity index (χ0) is 11.4. The Bertz CT molecular complexity index is 324. The van der Waals surface area contributed by atoms with Crippen molar-refractivity contribution in [3.8, 4) is 0 Å². The molecule has 0 radical (unpaired) electrons. The SMILES string of the molecule is CCN1CCC(Cc2ncc(CCN)o2)C1. The zero-order valence-electron chi connectivity index (χ0n) is 9.98. The molecule has 2 rings (SSSR count). The summed E-state index contributed by atoms with van der Waals surface area (Å²) in [4.78, 5) is 6.79. The molecule has 1 aliphatic heterocycles. The average Bonchev–Trinajstić information content (AvgIpc) is 2.89. The molecule has 1 aromatic rings. The smallest absolute Gasteiger partial charge is 0.194 e. The summed E-state index contributed by atoms with van der Waals surface area (Å²) in [7, 11) is 0. The Balaban J connectivity index is 1.84. The molecule has 1 atom stereocenters. The van der Waals surface area contributed by atoms with Crippen LogP contribution in [0.5, 0.6) is 0 Å². The van der Waals surface area contributed by atoms with Crippen LogP contribution in [-0.2, 0) is 12.8 Å². The molecule has 1 unspecified atom stereocenters. The maximum absolute atomic E-state index is 5.65. The molecule has 2 N–H and O–H groups in total. The normalized spacial score (nSPS) is 21.8. The van der Waals surface area contributed by atoms with Gasteiger partial charge in [0.25, 0.3) is 0 Å². The number of nitrogens with two attached hydrogens (primary N) is 1. The minimum absolute atomic E-state index is 0.627. The van der Waals surface area contributed by atoms with Crippen molar-refractivity contribution in [1.82, 2.24) is 9.88 Å². The molecule has 2 heterocycles. The number of hydrogen-bond donors (Lipinski definition) is 1. The highest BCUT2D eigenvalue weighted by Crippen LogP contribution is 2.20. The highest BCUT2D eigenvalue weighted by molar-refractivity contribution is 4.96. The molecule has 1 fully saturated rings. The molecule has 1 saturated heterocycles. The Morgan fingerprint density at radius 2 is 2.50 bits per heavy atom. The molecule has 0 bridgehead atoms. The number of oxazole rings is 1. The lowest BCUT2D eigenvalue weighted by molar-refractivity contribution is 0.334. The highest BCUT2D eigenvalue weighted by atomic mass is 16.4. The molecular formula is C12H21N3O. The minimum atomic E-state index is 0.627. The summed E-state index contributed by atoms with van der Waals surface area (Å²) in [6.07, 6.45) is 4.84. The van der Waals surface area contributed by atoms with Gasteiger partial charge in [-0.1, -0.05) is 6.92 Å². The maximum Gasteiger partial charge on any atom is 0.194 e. The van der Waals surface area contributed by atoms with Gasteiger partial charge in [0.05, 0.1) is 6.20 Å². The summed E-state index contributed by atoms with van der Waals surface area (Å²) in [6, 6.07) is 0. The predicted molar refractivity (Wildman–Crippen MR) is 63.2 cm³/mol. The fourth-order valence-electron chi connectivity index (χ4n) is 2.31. The van der Waals surface area contributed by atoms with Crippen LogP contribution in [0, 0.1) is 5.92 Å². The van der Waals surface area contributed by atoms with E-state index in [4.69, 9.17) is 10.2 Å². The first kappa shape index (κ1) is 11.6. The van der Waals surface area contributed by atoms with Crippen molar-refractivity contribution in [2.24, 2.45) is 11.7 Å². The molecule has 0 spiro atoms. The second-order valence-corrected chi connectivity index (χ2v) is 4.51. The quantitative estimate of drug-likeness (QED) is 0.811. The van der Waals surface area contributed by atoms with Crippen molar-refractivity contribution in [3.63, 3.8) is 0 Å². The molecule has 4 nitrogen and oxygen atoms in total. The molecule has 0 aromatic carbocycles. The third kappa shape index (κ3) is 2.83. The van der Waals surface area contributed by atoms with Crippen molar-refractivity contribution in [1.29, 1.82) is 0 Å². The lowest BCUT2D eigenvalue weighted by Gasteiger charge is -2.11. The van der Waals surface area contributed by atoms with E-state index in [1.807, 2.05) is 6.20 Å². The largest absolute Gasteiger partial charge is 0.446 e. The average molecular weight is 223 g/mol. The fraction of sp³-hybridized carbons (Fsp3) is 0.750. The monoisotopic (exact) mass is 223 g/mol. The van der Waals surface area contributed by atoms with Crippen LogP contribution in [0.3, 0.4) is 0 Å². The van der Waals surface area contributed by atoms with E-state index in [1.54, 1.807) is 0 Å². The number of aromatic nitrogens is 1. The van der Waals surface area contributed by atoms with Crippen molar-refractivity contribution in [3.05, 3.63) is 17.8 Å². The van der Waals surface area contributed by atoms with Crippen LogP contribution < -0.4 is 5.73 Å². The van der Waals surface area contributed by atoms with Crippen molar-refractivity contribution >= 4 is 0 Å². The van der Waals surface area contributed by atoms with E-state index in [0.29, 0.717) is 12.5 Å². The lowest BCUT2D eigenvalue weighted by atomic mass is 10.1. The van der Waals surface area contributed by atoms with Gasteiger partial charge in [-0.15, -0.1) is 0 Å². The fourth-order valence-corrected chi connectivity index (χ4v) is 2.31. The van der Waals surface area contributed by atoms with Crippen LogP contribution in [-0.4, -0.2) is 36.1 Å². The van der Waals surface area contributed by atoms with E-state index in [9.17, 15) is 0 Å². The molecule has 0 amide bonds. The van der Waals surface area contributed by atoms with Crippen LogP contribution >= 0.6 is 0 Å². The van der Waals surface area contributed by atoms with Gasteiger partial charge < -0.3 is 15.1 Å². The zero-order valence-corrected chi connectivity index (χ0v) is 9.98. The Morgan fingerprint density at radius 3 is 3.19 bits per heavy atom. The van der Waals surface area contributed by atoms with Crippen LogP contribution in [0.25, 0.3) is 0 Å². The van der Waals surface area contributed by atoms with Gasteiger partial charge in [-0.25, -0.2) is 4.98 Å². The Morgan fingerprint density at radius 1 is 1.62 bits per heavy atom. The third-order valence-corrected chi connectivity index (χ3v) is 3.27. The molecular weight excluding hydrogens is 202 g/mol. The summed E-state index contributed by atoms with van der Waals surface area (Å²) >= 11 is 0. The Labute approximate surface area is 96.8 Å². The number of nitrogens with zero attached hydrogens (tertiary/aromatic N) is 2. The second kappa shape index (κ2) is 5.46. The van der Waals surface area contributed by atoms with Crippen molar-refractivity contribution < 1.29 is 4.42 Å². The van der Waals surface area contributed by atoms with Gasteiger partial charge in [0.1, 0.15) is 5.76 Å². The van der Waals surface area contributed by atoms with E-state index in [0.717, 1.165) is 31.0 Å². The maximum atomic E-state index is 5.65. The number of hydrogen-bond acceptors (Lipinski definition) is 4. The number of rotatable bonds is 5. The first-order valence-corrected chi connectivity index (χ1v) is 6.17. The van der Waals surface area contributed by atoms with Gasteiger partial charge >= 0.3 is 0 Å². The van der Waals surface area contributed by atoms with Crippen LogP contribution in [0.2, 0.25) is 0 Å². The Kier molecular flexibility index (Phi) is 3.96. The van der Waals surface area contributed by atoms with Gasteiger partial charge in [0.2, 0.25) is 0 Å². The molecule has 1 aromatic heterocycles. The van der Waals surface area contributed by atoms with E-state index in [-0.39, 0.29) is 0 Å². The Hall–Kier alpha value is -0.870. The van der Waals surface area contributed by atoms with E-state index in [1.165, 1.54) is 19.5 Å². The standard InChI is InChI=1S/C12H21N3O/c1-2-15-6-4-10(9-15)7-12-14-8-11(16-12)3-5-13/h8,10H,2-7,9,13H2,1H3. The summed E-state index contributed by atoms with van der Waals surface area (Å²) in [6.45, 7) is 6.40. The summed E-state index contributed by atoms with van der Waals surface area (Å²) in [5.41, 5.74) is 5.48. The van der Waals surface area contributed by atoms with Gasteiger partial charge in [-0.05, 0) is 32.0 Å². The summed E-state index contributed by atoms with van der Waals surface area (Å²) < 4.78 is 5.65. The molecule has 0 aliphatic carbocycles. The lowest BCUT2D eigenvalue weighted by Crippen LogP contribution is -2.20. The van der Waals surface area contributed by atoms with Crippen LogP contribution in [0.4, 0.5) is 0 Å². The first-order valence-electron chi connectivity index (χ1n) is 6.17. The minimum Gasteiger partial charge on any atom is -0.446 e. The van der Waals surface area contributed by atoms with Gasteiger partial charge in [0, 0.05) is 19.4 Å². The van der Waals surface area contributed by atoms with E-state index in [2.05, 4.69) is 16.8 Å². The van der Waals surface area contributed by atoms with Crippen molar-refractivity contribution in [2.45, 2.75) is 26.2 Å². The van der Waals surface area contributed by atoms with Crippen LogP contribution in [0.1, 0.15) is 25.0 Å². The summed E-state index contributed by atoms with van der Waals surface area (Å²) in [5.74, 6) is 2.51. The highest BCUT2D eigenvalue weighted by Gasteiger charge is 2.22. The molecule has 0 saturated carbocycles. The summed E-state index contributed by atoms with van der Waals surface area (Å²) in [5, 5.41) is 0. The first-order chi connectivity index (χ1) is 7.81. The van der Waals surface area contributed by atoms with Crippen LogP contribution in [0.15, 0.2) is 10.6 Å². The van der Waals surface area contributed by atoms with Gasteiger partial charge in [-0.3, -0.25) is 0 Å². The molecule has 16 heavy (non-hydrogen) atoms. The molecule has 4 heteroatoms. The second-order valence-electron chi connectivity index (χ2n) is 4.51. The predicted octanol–water partition coefficient (Wildman–Crippen LogP) is 1.06. The van der Waals surface area contributed by atoms with E-state index < -0.39 is 0 Å². The third-order valence-electron chi connectivity index (χ3n) is 3.27. The topological polar surface area (TPSA) is 55.3 Å². The van der Waals surface area contributed by atoms with Gasteiger partial charge in [0.15, 0.2) is 5.89 Å². The van der Waals surface area contributed by atoms with Crippen molar-refractivity contribution in [2.75, 3.05) is 26.2 Å². The van der Waals surface area contributed by atoms with Gasteiger partial charge in [-0.2, -0.15) is 0 Å². The number of likely N-dealkylation sites (tertiary alicyclic amines) is 1. The molecule has 90 valence electrons.